The van der Waals surface area contributed by atoms with Gasteiger partial charge in [0.25, 0.3) is 0 Å². The van der Waals surface area contributed by atoms with E-state index in [1.807, 2.05) is 12.1 Å². The minimum absolute atomic E-state index is 0.758. The first-order valence-corrected chi connectivity index (χ1v) is 4.20. The Balaban J connectivity index is 2.24. The zero-order valence-electron chi connectivity index (χ0n) is 6.92. The van der Waals surface area contributed by atoms with Crippen molar-refractivity contribution in [2.24, 2.45) is 0 Å². The first kappa shape index (κ1) is 7.56. The summed E-state index contributed by atoms with van der Waals surface area (Å²) in [6, 6.07) is 11.1. The van der Waals surface area contributed by atoms with Gasteiger partial charge in [0.05, 0.1) is 13.2 Å². The highest BCUT2D eigenvalue weighted by Gasteiger charge is 2.04. The molecule has 0 N–H and O–H groups in total. The van der Waals surface area contributed by atoms with Crippen molar-refractivity contribution < 1.29 is 4.74 Å². The Bertz CT molecular complexity index is 274. The summed E-state index contributed by atoms with van der Waals surface area (Å²) >= 11 is 0. The van der Waals surface area contributed by atoms with E-state index < -0.39 is 0 Å². The average Bonchev–Trinajstić information content (AvgIpc) is 2.21. The van der Waals surface area contributed by atoms with Crippen LogP contribution in [0.25, 0.3) is 5.57 Å². The fourth-order valence-electron chi connectivity index (χ4n) is 1.39. The molecule has 0 spiro atoms. The molecule has 1 aromatic carbocycles. The third-order valence-corrected chi connectivity index (χ3v) is 2.05. The quantitative estimate of drug-likeness (QED) is 0.611. The largest absolute Gasteiger partial charge is 0.377 e. The average molecular weight is 159 g/mol. The number of benzene rings is 1. The van der Waals surface area contributed by atoms with Gasteiger partial charge in [0.15, 0.2) is 0 Å². The van der Waals surface area contributed by atoms with E-state index >= 15 is 0 Å². The molecule has 61 valence electrons. The Kier molecular flexibility index (Phi) is 2.23. The predicted octanol–water partition coefficient (Wildman–Crippen LogP) is 2.29. The molecule has 0 saturated heterocycles. The van der Waals surface area contributed by atoms with Crippen LogP contribution in [0.15, 0.2) is 30.3 Å². The highest BCUT2D eigenvalue weighted by atomic mass is 16.5. The smallest absolute Gasteiger partial charge is 0.0653 e. The van der Waals surface area contributed by atoms with Gasteiger partial charge in [-0.2, -0.15) is 0 Å². The van der Waals surface area contributed by atoms with Crippen molar-refractivity contribution in [2.75, 3.05) is 13.2 Å². The standard InChI is InChI=1S/C11H11O/c1-2-4-10(5-3-1)11-6-8-12-9-7-11/h2-6H,7-9H2. The van der Waals surface area contributed by atoms with Crippen LogP contribution in [-0.4, -0.2) is 13.2 Å². The molecule has 1 heteroatoms. The van der Waals surface area contributed by atoms with E-state index in [9.17, 15) is 0 Å². The summed E-state index contributed by atoms with van der Waals surface area (Å²) < 4.78 is 5.24. The lowest BCUT2D eigenvalue weighted by Gasteiger charge is -2.13. The molecule has 0 atom stereocenters. The Hall–Kier alpha value is -1.08. The number of hydrogen-bond donors (Lipinski definition) is 0. The maximum Gasteiger partial charge on any atom is 0.0653 e. The van der Waals surface area contributed by atoms with Crippen molar-refractivity contribution in [1.29, 1.82) is 0 Å². The van der Waals surface area contributed by atoms with Gasteiger partial charge < -0.3 is 4.74 Å². The SMILES string of the molecule is [c]1ccc(C2=CCOCC2)cc1. The van der Waals surface area contributed by atoms with Crippen LogP contribution in [0.3, 0.4) is 0 Å². The monoisotopic (exact) mass is 159 g/mol. The Morgan fingerprint density at radius 3 is 2.75 bits per heavy atom. The van der Waals surface area contributed by atoms with Crippen LogP contribution in [0.1, 0.15) is 12.0 Å². The minimum Gasteiger partial charge on any atom is -0.377 e. The summed E-state index contributed by atoms with van der Waals surface area (Å²) in [6.07, 6.45) is 3.18. The molecule has 2 rings (SSSR count). The van der Waals surface area contributed by atoms with Crippen LogP contribution in [-0.2, 0) is 4.74 Å². The van der Waals surface area contributed by atoms with Gasteiger partial charge in [-0.25, -0.2) is 0 Å². The second-order valence-corrected chi connectivity index (χ2v) is 2.84. The molecule has 0 amide bonds. The molecule has 1 aliphatic heterocycles. The number of hydrogen-bond acceptors (Lipinski definition) is 1. The fraction of sp³-hybridized carbons (Fsp3) is 0.273. The molecule has 1 aliphatic rings. The normalized spacial score (nSPS) is 17.2. The molecule has 1 radical (unpaired) electrons. The van der Waals surface area contributed by atoms with Crippen LogP contribution >= 0.6 is 0 Å². The summed E-state index contributed by atoms with van der Waals surface area (Å²) in [5, 5.41) is 0. The van der Waals surface area contributed by atoms with E-state index in [4.69, 9.17) is 4.74 Å². The summed E-state index contributed by atoms with van der Waals surface area (Å²) in [4.78, 5) is 0. The fourth-order valence-corrected chi connectivity index (χ4v) is 1.39. The van der Waals surface area contributed by atoms with E-state index in [-0.39, 0.29) is 0 Å². The summed E-state index contributed by atoms with van der Waals surface area (Å²) in [5.41, 5.74) is 2.70. The maximum atomic E-state index is 5.24. The number of ether oxygens (including phenoxy) is 1. The van der Waals surface area contributed by atoms with E-state index in [0.29, 0.717) is 0 Å². The van der Waals surface area contributed by atoms with Gasteiger partial charge in [0, 0.05) is 0 Å². The third kappa shape index (κ3) is 1.56. The van der Waals surface area contributed by atoms with Gasteiger partial charge in [0.1, 0.15) is 0 Å². The van der Waals surface area contributed by atoms with Gasteiger partial charge in [0.2, 0.25) is 0 Å². The van der Waals surface area contributed by atoms with Crippen molar-refractivity contribution in [1.82, 2.24) is 0 Å². The van der Waals surface area contributed by atoms with Crippen LogP contribution in [0.2, 0.25) is 0 Å². The minimum atomic E-state index is 0.758. The van der Waals surface area contributed by atoms with E-state index in [0.717, 1.165) is 19.6 Å². The van der Waals surface area contributed by atoms with E-state index in [1.54, 1.807) is 0 Å². The Labute approximate surface area is 72.7 Å². The van der Waals surface area contributed by atoms with Crippen LogP contribution in [0, 0.1) is 6.07 Å². The molecule has 0 aromatic heterocycles. The molecule has 1 heterocycles. The maximum absolute atomic E-state index is 5.24. The lowest BCUT2D eigenvalue weighted by Crippen LogP contribution is -2.03. The molecule has 12 heavy (non-hydrogen) atoms. The summed E-state index contributed by atoms with van der Waals surface area (Å²) in [5.74, 6) is 0. The molecule has 1 nitrogen and oxygen atoms in total. The van der Waals surface area contributed by atoms with Crippen molar-refractivity contribution >= 4 is 5.57 Å². The molecule has 0 unspecified atom stereocenters. The Morgan fingerprint density at radius 2 is 2.08 bits per heavy atom. The third-order valence-electron chi connectivity index (χ3n) is 2.05. The first-order chi connectivity index (χ1) is 5.97. The van der Waals surface area contributed by atoms with Crippen molar-refractivity contribution in [3.8, 4) is 0 Å². The van der Waals surface area contributed by atoms with Gasteiger partial charge in [-0.05, 0) is 23.6 Å². The van der Waals surface area contributed by atoms with Gasteiger partial charge in [-0.15, -0.1) is 0 Å². The van der Waals surface area contributed by atoms with Gasteiger partial charge >= 0.3 is 0 Å². The zero-order valence-corrected chi connectivity index (χ0v) is 6.92. The van der Waals surface area contributed by atoms with E-state index in [2.05, 4.69) is 24.3 Å². The van der Waals surface area contributed by atoms with Crippen molar-refractivity contribution in [3.05, 3.63) is 42.0 Å². The van der Waals surface area contributed by atoms with E-state index in [1.165, 1.54) is 11.1 Å². The van der Waals surface area contributed by atoms with Gasteiger partial charge in [-0.1, -0.05) is 30.3 Å². The lowest BCUT2D eigenvalue weighted by molar-refractivity contribution is 0.161. The lowest BCUT2D eigenvalue weighted by atomic mass is 10.0. The second kappa shape index (κ2) is 3.55. The molecular weight excluding hydrogens is 148 g/mol. The Morgan fingerprint density at radius 1 is 1.25 bits per heavy atom. The first-order valence-electron chi connectivity index (χ1n) is 4.20. The van der Waals surface area contributed by atoms with Crippen LogP contribution in [0.4, 0.5) is 0 Å². The van der Waals surface area contributed by atoms with Crippen LogP contribution in [0.5, 0.6) is 0 Å². The molecule has 0 bridgehead atoms. The second-order valence-electron chi connectivity index (χ2n) is 2.84. The van der Waals surface area contributed by atoms with Gasteiger partial charge in [-0.3, -0.25) is 0 Å². The molecule has 1 aromatic rings. The highest BCUT2D eigenvalue weighted by molar-refractivity contribution is 5.65. The predicted molar refractivity (Wildman–Crippen MR) is 48.7 cm³/mol. The van der Waals surface area contributed by atoms with Crippen LogP contribution < -0.4 is 0 Å². The number of rotatable bonds is 1. The molecular formula is C11H11O. The highest BCUT2D eigenvalue weighted by Crippen LogP contribution is 2.19. The van der Waals surface area contributed by atoms with Crippen molar-refractivity contribution in [2.45, 2.75) is 6.42 Å². The molecule has 0 fully saturated rings. The summed E-state index contributed by atoms with van der Waals surface area (Å²) in [7, 11) is 0. The zero-order chi connectivity index (χ0) is 8.23. The molecule has 0 aliphatic carbocycles. The summed E-state index contributed by atoms with van der Waals surface area (Å²) in [6.45, 7) is 1.61. The topological polar surface area (TPSA) is 9.23 Å². The molecule has 0 saturated carbocycles. The van der Waals surface area contributed by atoms with Crippen molar-refractivity contribution in [3.63, 3.8) is 0 Å².